The number of allylic oxidation sites excluding steroid dienone is 2. The maximum absolute atomic E-state index is 3.69. The molecule has 0 radical (unpaired) electrons. The standard InChI is InChI=1S/C9H15N.HI/c1-5-7-9(6-2)8-10(3)4;/h5-7H,1-2,8H2,3-4H3;1H/b9-7+;. The van der Waals surface area contributed by atoms with Crippen molar-refractivity contribution in [2.75, 3.05) is 20.6 Å². The average Bonchev–Trinajstić information content (AvgIpc) is 1.86. The number of hydrogen-bond donors (Lipinski definition) is 0. The van der Waals surface area contributed by atoms with Gasteiger partial charge in [-0.2, -0.15) is 0 Å². The van der Waals surface area contributed by atoms with Crippen LogP contribution in [-0.4, -0.2) is 25.5 Å². The fourth-order valence-electron chi connectivity index (χ4n) is 0.702. The van der Waals surface area contributed by atoms with Gasteiger partial charge in [-0.05, 0) is 19.7 Å². The van der Waals surface area contributed by atoms with Gasteiger partial charge < -0.3 is 4.90 Å². The Morgan fingerprint density at radius 3 is 2.18 bits per heavy atom. The molecule has 0 aromatic heterocycles. The molecule has 0 bridgehead atoms. The highest BCUT2D eigenvalue weighted by Crippen LogP contribution is 1.96. The Kier molecular flexibility index (Phi) is 9.83. The van der Waals surface area contributed by atoms with Gasteiger partial charge in [-0.25, -0.2) is 0 Å². The Hall–Kier alpha value is -0.0900. The maximum atomic E-state index is 3.69. The summed E-state index contributed by atoms with van der Waals surface area (Å²) < 4.78 is 0. The quantitative estimate of drug-likeness (QED) is 0.557. The molecule has 0 aliphatic carbocycles. The van der Waals surface area contributed by atoms with Gasteiger partial charge in [0.05, 0.1) is 0 Å². The number of likely N-dealkylation sites (N-methyl/N-ethyl adjacent to an activating group) is 1. The minimum Gasteiger partial charge on any atom is -0.305 e. The second-order valence-corrected chi connectivity index (χ2v) is 2.42. The summed E-state index contributed by atoms with van der Waals surface area (Å²) in [5.41, 5.74) is 1.19. The first-order valence-corrected chi connectivity index (χ1v) is 3.29. The van der Waals surface area contributed by atoms with Gasteiger partial charge in [0.2, 0.25) is 0 Å². The summed E-state index contributed by atoms with van der Waals surface area (Å²) in [5, 5.41) is 0. The Balaban J connectivity index is 0. The fourth-order valence-corrected chi connectivity index (χ4v) is 0.702. The molecule has 1 nitrogen and oxygen atoms in total. The number of nitrogens with zero attached hydrogens (tertiary/aromatic N) is 1. The SMILES string of the molecule is C=C/C=C(\C=C)CN(C)C.I. The Morgan fingerprint density at radius 1 is 1.36 bits per heavy atom. The zero-order valence-corrected chi connectivity index (χ0v) is 9.54. The monoisotopic (exact) mass is 265 g/mol. The average molecular weight is 265 g/mol. The molecule has 0 saturated heterocycles. The molecule has 0 fully saturated rings. The van der Waals surface area contributed by atoms with E-state index < -0.39 is 0 Å². The second kappa shape index (κ2) is 8.01. The van der Waals surface area contributed by atoms with Crippen LogP contribution in [0.4, 0.5) is 0 Å². The molecule has 0 aliphatic rings. The third kappa shape index (κ3) is 7.81. The summed E-state index contributed by atoms with van der Waals surface area (Å²) in [4.78, 5) is 2.09. The molecule has 0 saturated carbocycles. The highest BCUT2D eigenvalue weighted by atomic mass is 127. The van der Waals surface area contributed by atoms with Crippen LogP contribution in [-0.2, 0) is 0 Å². The molecule has 0 aromatic carbocycles. The van der Waals surface area contributed by atoms with E-state index in [1.807, 2.05) is 26.2 Å². The van der Waals surface area contributed by atoms with Crippen molar-refractivity contribution in [2.45, 2.75) is 0 Å². The van der Waals surface area contributed by atoms with Crippen LogP contribution in [0.1, 0.15) is 0 Å². The van der Waals surface area contributed by atoms with Crippen LogP contribution >= 0.6 is 24.0 Å². The van der Waals surface area contributed by atoms with Crippen LogP contribution in [0.3, 0.4) is 0 Å². The van der Waals surface area contributed by atoms with Crippen molar-refractivity contribution in [1.82, 2.24) is 4.90 Å². The molecule has 0 aliphatic heterocycles. The van der Waals surface area contributed by atoms with E-state index in [0.29, 0.717) is 0 Å². The zero-order valence-electron chi connectivity index (χ0n) is 7.21. The van der Waals surface area contributed by atoms with Gasteiger partial charge in [0.15, 0.2) is 0 Å². The molecule has 0 spiro atoms. The van der Waals surface area contributed by atoms with Crippen LogP contribution in [0.15, 0.2) is 37.0 Å². The van der Waals surface area contributed by atoms with Crippen molar-refractivity contribution in [2.24, 2.45) is 0 Å². The molecule has 0 rings (SSSR count). The van der Waals surface area contributed by atoms with E-state index in [4.69, 9.17) is 0 Å². The van der Waals surface area contributed by atoms with Crippen molar-refractivity contribution in [3.05, 3.63) is 37.0 Å². The molecule has 0 heterocycles. The van der Waals surface area contributed by atoms with E-state index in [1.165, 1.54) is 5.57 Å². The molecule has 2 heteroatoms. The van der Waals surface area contributed by atoms with Gasteiger partial charge in [-0.15, -0.1) is 24.0 Å². The molecule has 0 atom stereocenters. The fraction of sp³-hybridized carbons (Fsp3) is 0.333. The minimum atomic E-state index is 0. The smallest absolute Gasteiger partial charge is 0.0227 e. The number of hydrogen-bond acceptors (Lipinski definition) is 1. The summed E-state index contributed by atoms with van der Waals surface area (Å²) >= 11 is 0. The van der Waals surface area contributed by atoms with Crippen molar-refractivity contribution >= 4 is 24.0 Å². The molecule has 11 heavy (non-hydrogen) atoms. The van der Waals surface area contributed by atoms with Gasteiger partial charge in [-0.3, -0.25) is 0 Å². The molecular formula is C9H16IN. The minimum absolute atomic E-state index is 0. The molecule has 0 amide bonds. The highest BCUT2D eigenvalue weighted by molar-refractivity contribution is 14.0. The second-order valence-electron chi connectivity index (χ2n) is 2.42. The Bertz CT molecular complexity index is 148. The molecule has 0 N–H and O–H groups in total. The summed E-state index contributed by atoms with van der Waals surface area (Å²) in [7, 11) is 4.06. The first kappa shape index (κ1) is 13.5. The van der Waals surface area contributed by atoms with Crippen molar-refractivity contribution in [3.8, 4) is 0 Å². The summed E-state index contributed by atoms with van der Waals surface area (Å²) in [6.07, 6.45) is 5.59. The topological polar surface area (TPSA) is 3.24 Å². The van der Waals surface area contributed by atoms with Gasteiger partial charge >= 0.3 is 0 Å². The van der Waals surface area contributed by atoms with Crippen LogP contribution < -0.4 is 0 Å². The van der Waals surface area contributed by atoms with E-state index in [0.717, 1.165) is 6.54 Å². The molecule has 0 unspecified atom stereocenters. The molecule has 0 aromatic rings. The predicted molar refractivity (Wildman–Crippen MR) is 62.4 cm³/mol. The first-order chi connectivity index (χ1) is 4.70. The third-order valence-electron chi connectivity index (χ3n) is 1.09. The van der Waals surface area contributed by atoms with Crippen LogP contribution in [0.5, 0.6) is 0 Å². The summed E-state index contributed by atoms with van der Waals surface area (Å²) in [5.74, 6) is 0. The van der Waals surface area contributed by atoms with Crippen LogP contribution in [0, 0.1) is 0 Å². The van der Waals surface area contributed by atoms with E-state index >= 15 is 0 Å². The van der Waals surface area contributed by atoms with E-state index in [9.17, 15) is 0 Å². The summed E-state index contributed by atoms with van der Waals surface area (Å²) in [6, 6.07) is 0. The lowest BCUT2D eigenvalue weighted by Gasteiger charge is -2.08. The van der Waals surface area contributed by atoms with Gasteiger partial charge in [-0.1, -0.05) is 31.4 Å². The molecular weight excluding hydrogens is 249 g/mol. The van der Waals surface area contributed by atoms with Crippen LogP contribution in [0.2, 0.25) is 0 Å². The maximum Gasteiger partial charge on any atom is 0.0227 e. The Labute approximate surface area is 86.5 Å². The Morgan fingerprint density at radius 2 is 1.91 bits per heavy atom. The number of rotatable bonds is 4. The molecule has 64 valence electrons. The first-order valence-electron chi connectivity index (χ1n) is 3.29. The van der Waals surface area contributed by atoms with E-state index in [-0.39, 0.29) is 24.0 Å². The van der Waals surface area contributed by atoms with E-state index in [2.05, 4.69) is 18.1 Å². The lowest BCUT2D eigenvalue weighted by molar-refractivity contribution is 0.449. The highest BCUT2D eigenvalue weighted by Gasteiger charge is 1.90. The lowest BCUT2D eigenvalue weighted by atomic mass is 10.2. The van der Waals surface area contributed by atoms with E-state index in [1.54, 1.807) is 6.08 Å². The van der Waals surface area contributed by atoms with Gasteiger partial charge in [0.25, 0.3) is 0 Å². The largest absolute Gasteiger partial charge is 0.305 e. The normalized spacial score (nSPS) is 10.6. The summed E-state index contributed by atoms with van der Waals surface area (Å²) in [6.45, 7) is 8.23. The zero-order chi connectivity index (χ0) is 7.98. The number of halogens is 1. The van der Waals surface area contributed by atoms with Crippen molar-refractivity contribution in [1.29, 1.82) is 0 Å². The third-order valence-corrected chi connectivity index (χ3v) is 1.09. The van der Waals surface area contributed by atoms with Crippen molar-refractivity contribution in [3.63, 3.8) is 0 Å². The predicted octanol–water partition coefficient (Wildman–Crippen LogP) is 2.46. The van der Waals surface area contributed by atoms with Crippen LogP contribution in [0.25, 0.3) is 0 Å². The van der Waals surface area contributed by atoms with Gasteiger partial charge in [0, 0.05) is 6.54 Å². The van der Waals surface area contributed by atoms with Gasteiger partial charge in [0.1, 0.15) is 0 Å². The van der Waals surface area contributed by atoms with Crippen molar-refractivity contribution < 1.29 is 0 Å². The lowest BCUT2D eigenvalue weighted by Crippen LogP contribution is -2.13.